The Hall–Kier alpha value is -0.800. The molecule has 0 aromatic carbocycles. The first-order chi connectivity index (χ1) is 6.88. The van der Waals surface area contributed by atoms with E-state index >= 15 is 0 Å². The number of rotatable bonds is 5. The van der Waals surface area contributed by atoms with Crippen LogP contribution in [-0.4, -0.2) is 23.7 Å². The highest BCUT2D eigenvalue weighted by Crippen LogP contribution is 2.23. The number of H-pyrrole nitrogens is 1. The molecule has 0 amide bonds. The molecule has 0 bridgehead atoms. The molecular formula is C11H18N2O. The lowest BCUT2D eigenvalue weighted by atomic mass is 9.89. The maximum atomic E-state index is 5.50. The van der Waals surface area contributed by atoms with Crippen molar-refractivity contribution in [3.05, 3.63) is 24.0 Å². The van der Waals surface area contributed by atoms with Crippen molar-refractivity contribution in [2.24, 2.45) is 0 Å². The van der Waals surface area contributed by atoms with Gasteiger partial charge in [0, 0.05) is 31.6 Å². The van der Waals surface area contributed by atoms with Gasteiger partial charge in [-0.2, -0.15) is 0 Å². The van der Waals surface area contributed by atoms with Gasteiger partial charge in [0.15, 0.2) is 0 Å². The zero-order valence-corrected chi connectivity index (χ0v) is 8.62. The van der Waals surface area contributed by atoms with Crippen LogP contribution in [0.2, 0.25) is 0 Å². The Balaban J connectivity index is 1.61. The molecule has 1 aromatic rings. The Morgan fingerprint density at radius 3 is 3.07 bits per heavy atom. The molecule has 0 spiro atoms. The molecule has 3 heteroatoms. The van der Waals surface area contributed by atoms with Gasteiger partial charge in [-0.05, 0) is 31.4 Å². The van der Waals surface area contributed by atoms with Gasteiger partial charge in [0.25, 0.3) is 0 Å². The van der Waals surface area contributed by atoms with Crippen molar-refractivity contribution in [3.63, 3.8) is 0 Å². The van der Waals surface area contributed by atoms with Crippen molar-refractivity contribution >= 4 is 0 Å². The summed E-state index contributed by atoms with van der Waals surface area (Å²) in [5, 5.41) is 3.51. The second kappa shape index (κ2) is 4.62. The lowest BCUT2D eigenvalue weighted by Crippen LogP contribution is -2.45. The van der Waals surface area contributed by atoms with E-state index in [1.807, 2.05) is 12.4 Å². The van der Waals surface area contributed by atoms with E-state index in [9.17, 15) is 0 Å². The Morgan fingerprint density at radius 1 is 1.57 bits per heavy atom. The van der Waals surface area contributed by atoms with Crippen LogP contribution >= 0.6 is 0 Å². The zero-order chi connectivity index (χ0) is 9.80. The monoisotopic (exact) mass is 194 g/mol. The third kappa shape index (κ3) is 2.36. The minimum atomic E-state index is 0.503. The van der Waals surface area contributed by atoms with Crippen LogP contribution in [0.3, 0.4) is 0 Å². The van der Waals surface area contributed by atoms with Crippen LogP contribution in [0.5, 0.6) is 0 Å². The van der Waals surface area contributed by atoms with Crippen molar-refractivity contribution in [3.8, 4) is 0 Å². The molecule has 2 N–H and O–H groups in total. The fourth-order valence-electron chi connectivity index (χ4n) is 1.83. The number of nitrogens with one attached hydrogen (secondary N) is 2. The van der Waals surface area contributed by atoms with E-state index in [1.165, 1.54) is 5.56 Å². The molecule has 0 radical (unpaired) electrons. The molecule has 1 heterocycles. The third-order valence-corrected chi connectivity index (χ3v) is 2.75. The van der Waals surface area contributed by atoms with E-state index in [-0.39, 0.29) is 0 Å². The Labute approximate surface area is 84.9 Å². The molecule has 0 atom stereocenters. The van der Waals surface area contributed by atoms with Crippen LogP contribution in [0.1, 0.15) is 25.3 Å². The average Bonchev–Trinajstić information content (AvgIpc) is 2.61. The minimum Gasteiger partial charge on any atom is -0.378 e. The largest absolute Gasteiger partial charge is 0.378 e. The highest BCUT2D eigenvalue weighted by Gasteiger charge is 2.28. The van der Waals surface area contributed by atoms with Gasteiger partial charge in [0.05, 0.1) is 6.10 Å². The van der Waals surface area contributed by atoms with Gasteiger partial charge in [-0.25, -0.2) is 0 Å². The number of hydrogen-bond donors (Lipinski definition) is 2. The zero-order valence-electron chi connectivity index (χ0n) is 8.62. The fourth-order valence-corrected chi connectivity index (χ4v) is 1.83. The first-order valence-electron chi connectivity index (χ1n) is 5.35. The molecule has 78 valence electrons. The van der Waals surface area contributed by atoms with Gasteiger partial charge < -0.3 is 15.0 Å². The molecule has 0 saturated heterocycles. The molecule has 1 aliphatic carbocycles. The third-order valence-electron chi connectivity index (χ3n) is 2.75. The Kier molecular flexibility index (Phi) is 3.22. The number of hydrogen-bond acceptors (Lipinski definition) is 2. The van der Waals surface area contributed by atoms with Gasteiger partial charge in [0.2, 0.25) is 0 Å². The summed E-state index contributed by atoms with van der Waals surface area (Å²) in [4.78, 5) is 3.05. The Bertz CT molecular complexity index is 252. The predicted octanol–water partition coefficient (Wildman–Crippen LogP) is 1.67. The van der Waals surface area contributed by atoms with Gasteiger partial charge in [-0.3, -0.25) is 0 Å². The molecule has 1 saturated carbocycles. The molecule has 0 unspecified atom stereocenters. The summed E-state index contributed by atoms with van der Waals surface area (Å²) >= 11 is 0. The summed E-state index contributed by atoms with van der Waals surface area (Å²) in [6, 6.07) is 2.76. The van der Waals surface area contributed by atoms with E-state index in [2.05, 4.69) is 23.3 Å². The van der Waals surface area contributed by atoms with Crippen LogP contribution in [0, 0.1) is 0 Å². The van der Waals surface area contributed by atoms with E-state index in [0.717, 1.165) is 26.0 Å². The van der Waals surface area contributed by atoms with Gasteiger partial charge in [-0.1, -0.05) is 0 Å². The molecule has 1 fully saturated rings. The fraction of sp³-hybridized carbons (Fsp3) is 0.636. The predicted molar refractivity (Wildman–Crippen MR) is 56.1 cm³/mol. The second-order valence-electron chi connectivity index (χ2n) is 3.85. The molecular weight excluding hydrogens is 176 g/mol. The smallest absolute Gasteiger partial charge is 0.0604 e. The van der Waals surface area contributed by atoms with Crippen molar-refractivity contribution in [1.82, 2.24) is 10.3 Å². The Morgan fingerprint density at radius 2 is 2.43 bits per heavy atom. The minimum absolute atomic E-state index is 0.503. The number of aromatic nitrogens is 1. The summed E-state index contributed by atoms with van der Waals surface area (Å²) < 4.78 is 5.50. The number of aromatic amines is 1. The molecule has 14 heavy (non-hydrogen) atoms. The summed E-state index contributed by atoms with van der Waals surface area (Å²) in [6.07, 6.45) is 6.83. The van der Waals surface area contributed by atoms with Crippen LogP contribution < -0.4 is 5.32 Å². The average molecular weight is 194 g/mol. The van der Waals surface area contributed by atoms with Crippen molar-refractivity contribution in [2.75, 3.05) is 6.61 Å². The summed E-state index contributed by atoms with van der Waals surface area (Å²) in [5.41, 5.74) is 1.32. The van der Waals surface area contributed by atoms with Crippen LogP contribution in [-0.2, 0) is 11.3 Å². The molecule has 3 nitrogen and oxygen atoms in total. The lowest BCUT2D eigenvalue weighted by molar-refractivity contribution is -0.0102. The van der Waals surface area contributed by atoms with Gasteiger partial charge in [-0.15, -0.1) is 0 Å². The van der Waals surface area contributed by atoms with E-state index in [1.54, 1.807) is 0 Å². The normalized spacial score (nSPS) is 26.1. The highest BCUT2D eigenvalue weighted by molar-refractivity contribution is 5.08. The van der Waals surface area contributed by atoms with E-state index in [4.69, 9.17) is 4.74 Å². The summed E-state index contributed by atoms with van der Waals surface area (Å²) in [7, 11) is 0. The van der Waals surface area contributed by atoms with Gasteiger partial charge in [0.1, 0.15) is 0 Å². The summed E-state index contributed by atoms with van der Waals surface area (Å²) in [6.45, 7) is 3.86. The quantitative estimate of drug-likeness (QED) is 0.748. The standard InChI is InChI=1S/C11H18N2O/c1-2-14-11-5-10(6-11)13-8-9-3-4-12-7-9/h3-4,7,10-13H,2,5-6,8H2,1H3. The van der Waals surface area contributed by atoms with Crippen molar-refractivity contribution < 1.29 is 4.74 Å². The maximum Gasteiger partial charge on any atom is 0.0604 e. The highest BCUT2D eigenvalue weighted by atomic mass is 16.5. The van der Waals surface area contributed by atoms with E-state index in [0.29, 0.717) is 12.1 Å². The maximum absolute atomic E-state index is 5.50. The lowest BCUT2D eigenvalue weighted by Gasteiger charge is -2.35. The first-order valence-corrected chi connectivity index (χ1v) is 5.35. The van der Waals surface area contributed by atoms with Crippen molar-refractivity contribution in [2.45, 2.75) is 38.5 Å². The van der Waals surface area contributed by atoms with Crippen LogP contribution in [0.15, 0.2) is 18.5 Å². The van der Waals surface area contributed by atoms with E-state index < -0.39 is 0 Å². The molecule has 1 aromatic heterocycles. The van der Waals surface area contributed by atoms with Gasteiger partial charge >= 0.3 is 0 Å². The molecule has 1 aliphatic rings. The topological polar surface area (TPSA) is 37.0 Å². The first kappa shape index (κ1) is 9.74. The second-order valence-corrected chi connectivity index (χ2v) is 3.85. The summed E-state index contributed by atoms with van der Waals surface area (Å²) in [5.74, 6) is 0. The van der Waals surface area contributed by atoms with Crippen LogP contribution in [0.4, 0.5) is 0 Å². The SMILES string of the molecule is CCOC1CC(NCc2cc[nH]c2)C1. The van der Waals surface area contributed by atoms with Crippen molar-refractivity contribution in [1.29, 1.82) is 0 Å². The van der Waals surface area contributed by atoms with Crippen LogP contribution in [0.25, 0.3) is 0 Å². The molecule has 0 aliphatic heterocycles. The number of ether oxygens (including phenoxy) is 1. The molecule has 2 rings (SSSR count).